The minimum atomic E-state index is -0.840. The normalized spacial score (nSPS) is 30.6. The average molecular weight is 284 g/mol. The molecule has 0 N–H and O–H groups in total. The van der Waals surface area contributed by atoms with Gasteiger partial charge < -0.3 is 9.47 Å². The summed E-state index contributed by atoms with van der Waals surface area (Å²) < 4.78 is 11.9. The minimum Gasteiger partial charge on any atom is -0.425 e. The maximum atomic E-state index is 12.2. The smallest absolute Gasteiger partial charge is 0.337 e. The Bertz CT molecular complexity index is 611. The Kier molecular flexibility index (Phi) is 2.77. The number of ether oxygens (including phenoxy) is 2. The predicted molar refractivity (Wildman–Crippen MR) is 79.3 cm³/mol. The molecule has 110 valence electrons. The number of carbonyl (C=O) groups excluding carboxylic acids is 1. The summed E-state index contributed by atoms with van der Waals surface area (Å²) in [7, 11) is 0. The molecule has 3 aliphatic rings. The Labute approximate surface area is 124 Å². The molecule has 0 amide bonds. The SMILES string of the molecule is CC1=C(c2ccccc2)C2(CC3(CCCC3)CO2)OC1=O. The quantitative estimate of drug-likeness (QED) is 0.738. The lowest BCUT2D eigenvalue weighted by molar-refractivity contribution is -0.179. The van der Waals surface area contributed by atoms with Crippen LogP contribution in [0.25, 0.3) is 5.57 Å². The molecular formula is C18H20O3. The van der Waals surface area contributed by atoms with Gasteiger partial charge in [-0.25, -0.2) is 4.79 Å². The summed E-state index contributed by atoms with van der Waals surface area (Å²) in [6, 6.07) is 10.0. The third-order valence-electron chi connectivity index (χ3n) is 5.27. The van der Waals surface area contributed by atoms with Crippen LogP contribution in [-0.2, 0) is 14.3 Å². The van der Waals surface area contributed by atoms with E-state index < -0.39 is 5.79 Å². The van der Waals surface area contributed by atoms with E-state index in [0.717, 1.165) is 17.6 Å². The van der Waals surface area contributed by atoms with Gasteiger partial charge in [0, 0.05) is 23.0 Å². The molecule has 21 heavy (non-hydrogen) atoms. The fourth-order valence-corrected chi connectivity index (χ4v) is 4.24. The maximum Gasteiger partial charge on any atom is 0.337 e. The van der Waals surface area contributed by atoms with Crippen LogP contribution >= 0.6 is 0 Å². The third-order valence-corrected chi connectivity index (χ3v) is 5.27. The largest absolute Gasteiger partial charge is 0.425 e. The van der Waals surface area contributed by atoms with E-state index in [1.807, 2.05) is 37.3 Å². The highest BCUT2D eigenvalue weighted by atomic mass is 16.7. The highest BCUT2D eigenvalue weighted by Gasteiger charge is 2.58. The highest BCUT2D eigenvalue weighted by molar-refractivity contribution is 6.03. The summed E-state index contributed by atoms with van der Waals surface area (Å²) in [5.74, 6) is -1.07. The van der Waals surface area contributed by atoms with Gasteiger partial charge in [-0.15, -0.1) is 0 Å². The van der Waals surface area contributed by atoms with Crippen LogP contribution < -0.4 is 0 Å². The zero-order valence-corrected chi connectivity index (χ0v) is 12.4. The lowest BCUT2D eigenvalue weighted by atomic mass is 9.80. The molecule has 2 aliphatic heterocycles. The molecule has 1 saturated carbocycles. The fourth-order valence-electron chi connectivity index (χ4n) is 4.24. The van der Waals surface area contributed by atoms with E-state index in [0.29, 0.717) is 12.2 Å². The number of rotatable bonds is 1. The maximum absolute atomic E-state index is 12.2. The molecule has 1 unspecified atom stereocenters. The lowest BCUT2D eigenvalue weighted by Crippen LogP contribution is -2.31. The second-order valence-corrected chi connectivity index (χ2v) is 6.68. The molecule has 2 spiro atoms. The lowest BCUT2D eigenvalue weighted by Gasteiger charge is -2.27. The van der Waals surface area contributed by atoms with Crippen molar-refractivity contribution >= 4 is 11.5 Å². The van der Waals surface area contributed by atoms with Crippen LogP contribution in [0.15, 0.2) is 35.9 Å². The van der Waals surface area contributed by atoms with E-state index in [1.165, 1.54) is 25.7 Å². The summed E-state index contributed by atoms with van der Waals surface area (Å²) in [4.78, 5) is 12.2. The molecule has 4 rings (SSSR count). The van der Waals surface area contributed by atoms with Crippen molar-refractivity contribution in [2.45, 2.75) is 44.8 Å². The van der Waals surface area contributed by atoms with Gasteiger partial charge in [0.05, 0.1) is 6.61 Å². The first-order valence-electron chi connectivity index (χ1n) is 7.78. The van der Waals surface area contributed by atoms with Crippen molar-refractivity contribution < 1.29 is 14.3 Å². The van der Waals surface area contributed by atoms with Crippen molar-refractivity contribution in [3.63, 3.8) is 0 Å². The van der Waals surface area contributed by atoms with Gasteiger partial charge in [-0.05, 0) is 25.3 Å². The summed E-state index contributed by atoms with van der Waals surface area (Å²) >= 11 is 0. The molecule has 0 radical (unpaired) electrons. The van der Waals surface area contributed by atoms with E-state index >= 15 is 0 Å². The minimum absolute atomic E-state index is 0.213. The number of hydrogen-bond donors (Lipinski definition) is 0. The third kappa shape index (κ3) is 1.87. The number of carbonyl (C=O) groups is 1. The summed E-state index contributed by atoms with van der Waals surface area (Å²) in [6.45, 7) is 2.56. The monoisotopic (exact) mass is 284 g/mol. The summed E-state index contributed by atoms with van der Waals surface area (Å²) in [5, 5.41) is 0. The molecule has 0 bridgehead atoms. The molecule has 0 aromatic heterocycles. The Balaban J connectivity index is 1.77. The first-order chi connectivity index (χ1) is 10.1. The van der Waals surface area contributed by atoms with Crippen LogP contribution in [0.1, 0.15) is 44.6 Å². The Morgan fingerprint density at radius 2 is 1.81 bits per heavy atom. The Morgan fingerprint density at radius 1 is 1.10 bits per heavy atom. The predicted octanol–water partition coefficient (Wildman–Crippen LogP) is 3.69. The highest BCUT2D eigenvalue weighted by Crippen LogP contribution is 2.57. The topological polar surface area (TPSA) is 35.5 Å². The molecule has 1 aliphatic carbocycles. The molecule has 1 saturated heterocycles. The van der Waals surface area contributed by atoms with Crippen LogP contribution in [-0.4, -0.2) is 18.4 Å². The van der Waals surface area contributed by atoms with Gasteiger partial charge in [0.25, 0.3) is 0 Å². The van der Waals surface area contributed by atoms with Crippen molar-refractivity contribution in [3.05, 3.63) is 41.5 Å². The molecule has 2 heterocycles. The Morgan fingerprint density at radius 3 is 2.52 bits per heavy atom. The van der Waals surface area contributed by atoms with Gasteiger partial charge in [-0.1, -0.05) is 43.2 Å². The van der Waals surface area contributed by atoms with Gasteiger partial charge in [0.1, 0.15) is 0 Å². The van der Waals surface area contributed by atoms with E-state index in [2.05, 4.69) is 0 Å². The molecule has 2 fully saturated rings. The first kappa shape index (κ1) is 13.1. The van der Waals surface area contributed by atoms with Crippen LogP contribution in [0.3, 0.4) is 0 Å². The fraction of sp³-hybridized carbons (Fsp3) is 0.500. The van der Waals surface area contributed by atoms with Gasteiger partial charge in [-0.3, -0.25) is 0 Å². The number of benzene rings is 1. The van der Waals surface area contributed by atoms with Gasteiger partial charge in [-0.2, -0.15) is 0 Å². The van der Waals surface area contributed by atoms with Crippen molar-refractivity contribution in [1.82, 2.24) is 0 Å². The van der Waals surface area contributed by atoms with Crippen molar-refractivity contribution in [2.24, 2.45) is 5.41 Å². The zero-order chi connectivity index (χ0) is 14.5. The molecule has 3 heteroatoms. The number of esters is 1. The van der Waals surface area contributed by atoms with Gasteiger partial charge in [0.15, 0.2) is 0 Å². The molecule has 1 aromatic rings. The van der Waals surface area contributed by atoms with E-state index in [1.54, 1.807) is 0 Å². The molecule has 1 atom stereocenters. The van der Waals surface area contributed by atoms with Gasteiger partial charge in [0.2, 0.25) is 5.79 Å². The molecule has 1 aromatic carbocycles. The standard InChI is InChI=1S/C18H20O3/c1-13-15(14-7-3-2-4-8-14)18(21-16(13)19)11-17(12-20-18)9-5-6-10-17/h2-4,7-8H,5-6,9-12H2,1H3. The van der Waals surface area contributed by atoms with Crippen molar-refractivity contribution in [1.29, 1.82) is 0 Å². The average Bonchev–Trinajstić information content (AvgIpc) is 3.14. The summed E-state index contributed by atoms with van der Waals surface area (Å²) in [5.41, 5.74) is 2.88. The molecule has 3 nitrogen and oxygen atoms in total. The van der Waals surface area contributed by atoms with E-state index in [-0.39, 0.29) is 11.4 Å². The van der Waals surface area contributed by atoms with E-state index in [4.69, 9.17) is 9.47 Å². The summed E-state index contributed by atoms with van der Waals surface area (Å²) in [6.07, 6.45) is 5.71. The Hall–Kier alpha value is -1.61. The zero-order valence-electron chi connectivity index (χ0n) is 12.4. The second kappa shape index (κ2) is 4.44. The first-order valence-corrected chi connectivity index (χ1v) is 7.78. The van der Waals surface area contributed by atoms with Crippen LogP contribution in [0.5, 0.6) is 0 Å². The van der Waals surface area contributed by atoms with Crippen molar-refractivity contribution in [2.75, 3.05) is 6.61 Å². The van der Waals surface area contributed by atoms with Crippen LogP contribution in [0, 0.1) is 5.41 Å². The van der Waals surface area contributed by atoms with Crippen LogP contribution in [0.2, 0.25) is 0 Å². The van der Waals surface area contributed by atoms with Crippen LogP contribution in [0.4, 0.5) is 0 Å². The van der Waals surface area contributed by atoms with E-state index in [9.17, 15) is 4.79 Å². The van der Waals surface area contributed by atoms with Crippen molar-refractivity contribution in [3.8, 4) is 0 Å². The van der Waals surface area contributed by atoms with Gasteiger partial charge >= 0.3 is 5.97 Å². The second-order valence-electron chi connectivity index (χ2n) is 6.68. The molecular weight excluding hydrogens is 264 g/mol. The number of hydrogen-bond acceptors (Lipinski definition) is 3.